The molecule has 2 aromatic carbocycles. The van der Waals surface area contributed by atoms with E-state index in [9.17, 15) is 18.8 Å². The van der Waals surface area contributed by atoms with Crippen molar-refractivity contribution in [2.75, 3.05) is 6.54 Å². The van der Waals surface area contributed by atoms with E-state index in [1.807, 2.05) is 0 Å². The van der Waals surface area contributed by atoms with Crippen LogP contribution >= 0.6 is 0 Å². The molecule has 0 aromatic heterocycles. The number of nitrogens with zero attached hydrogens (tertiary/aromatic N) is 1. The minimum absolute atomic E-state index is 0.0244. The van der Waals surface area contributed by atoms with Crippen LogP contribution in [0, 0.1) is 28.9 Å². The van der Waals surface area contributed by atoms with Gasteiger partial charge < -0.3 is 5.32 Å². The number of carbonyl (C=O) groups is 1. The number of amides is 1. The van der Waals surface area contributed by atoms with Gasteiger partial charge in [-0.05, 0) is 61.1 Å². The fourth-order valence-electron chi connectivity index (χ4n) is 3.15. The number of carbonyl (C=O) groups excluding carboxylic acids is 1. The molecule has 1 unspecified atom stereocenters. The Kier molecular flexibility index (Phi) is 5.52. The first kappa shape index (κ1) is 19.0. The van der Waals surface area contributed by atoms with Gasteiger partial charge in [0.1, 0.15) is 17.2 Å². The third-order valence-electron chi connectivity index (χ3n) is 4.90. The Morgan fingerprint density at radius 3 is 2.00 bits per heavy atom. The number of nitrogens with one attached hydrogen (secondary N) is 2. The fourth-order valence-corrected chi connectivity index (χ4v) is 3.15. The Labute approximate surface area is 157 Å². The molecule has 0 aliphatic heterocycles. The van der Waals surface area contributed by atoms with Gasteiger partial charge in [-0.25, -0.2) is 8.78 Å². The fraction of sp³-hybridized carbons (Fsp3) is 0.333. The van der Waals surface area contributed by atoms with Crippen LogP contribution in [0.4, 0.5) is 8.78 Å². The first-order chi connectivity index (χ1) is 12.9. The largest absolute Gasteiger partial charge is 0.337 e. The molecule has 1 amide bonds. The van der Waals surface area contributed by atoms with Gasteiger partial charge in [0.2, 0.25) is 5.91 Å². The van der Waals surface area contributed by atoms with E-state index in [1.54, 1.807) is 31.2 Å². The lowest BCUT2D eigenvalue weighted by Gasteiger charge is -2.24. The van der Waals surface area contributed by atoms with Crippen molar-refractivity contribution in [2.45, 2.75) is 31.3 Å². The summed E-state index contributed by atoms with van der Waals surface area (Å²) in [5, 5.41) is 15.3. The molecule has 1 saturated carbocycles. The highest BCUT2D eigenvalue weighted by Gasteiger charge is 2.42. The summed E-state index contributed by atoms with van der Waals surface area (Å²) < 4.78 is 26.5. The Morgan fingerprint density at radius 1 is 1.11 bits per heavy atom. The molecule has 140 valence electrons. The molecule has 0 saturated heterocycles. The van der Waals surface area contributed by atoms with E-state index in [4.69, 9.17) is 0 Å². The highest BCUT2D eigenvalue weighted by atomic mass is 19.1. The van der Waals surface area contributed by atoms with Gasteiger partial charge in [0.05, 0.1) is 18.7 Å². The molecule has 0 heterocycles. The van der Waals surface area contributed by atoms with E-state index in [0.717, 1.165) is 24.0 Å². The predicted octanol–water partition coefficient (Wildman–Crippen LogP) is 3.45. The zero-order valence-corrected chi connectivity index (χ0v) is 15.0. The molecule has 27 heavy (non-hydrogen) atoms. The van der Waals surface area contributed by atoms with Gasteiger partial charge in [0, 0.05) is 0 Å². The van der Waals surface area contributed by atoms with Gasteiger partial charge in [-0.1, -0.05) is 24.3 Å². The summed E-state index contributed by atoms with van der Waals surface area (Å²) in [7, 11) is 0. The molecule has 0 spiro atoms. The van der Waals surface area contributed by atoms with Crippen LogP contribution in [0.3, 0.4) is 0 Å². The van der Waals surface area contributed by atoms with Crippen molar-refractivity contribution in [2.24, 2.45) is 5.92 Å². The number of halogens is 2. The van der Waals surface area contributed by atoms with Crippen LogP contribution in [-0.4, -0.2) is 18.0 Å². The van der Waals surface area contributed by atoms with Crippen molar-refractivity contribution in [3.05, 3.63) is 71.3 Å². The average Bonchev–Trinajstić information content (AvgIpc) is 3.50. The molecule has 1 aliphatic rings. The second-order valence-corrected chi connectivity index (χ2v) is 7.05. The summed E-state index contributed by atoms with van der Waals surface area (Å²) >= 11 is 0. The Hall–Kier alpha value is -2.78. The first-order valence-electron chi connectivity index (χ1n) is 8.88. The van der Waals surface area contributed by atoms with Crippen LogP contribution in [-0.2, 0) is 4.79 Å². The van der Waals surface area contributed by atoms with Gasteiger partial charge in [-0.15, -0.1) is 0 Å². The third-order valence-corrected chi connectivity index (χ3v) is 4.90. The summed E-state index contributed by atoms with van der Waals surface area (Å²) in [4.78, 5) is 12.4. The number of hydrogen-bond acceptors (Lipinski definition) is 3. The summed E-state index contributed by atoms with van der Waals surface area (Å²) in [6, 6.07) is 13.6. The zero-order chi connectivity index (χ0) is 19.4. The van der Waals surface area contributed by atoms with Crippen LogP contribution in [0.25, 0.3) is 0 Å². The molecular formula is C21H21F2N3O. The van der Waals surface area contributed by atoms with E-state index < -0.39 is 11.6 Å². The maximum atomic E-state index is 13.3. The van der Waals surface area contributed by atoms with Crippen LogP contribution in [0.1, 0.15) is 36.9 Å². The molecular weight excluding hydrogens is 348 g/mol. The van der Waals surface area contributed by atoms with Crippen LogP contribution in [0.2, 0.25) is 0 Å². The molecule has 2 N–H and O–H groups in total. The summed E-state index contributed by atoms with van der Waals surface area (Å²) in [5.41, 5.74) is 0.641. The van der Waals surface area contributed by atoms with E-state index in [1.165, 1.54) is 24.3 Å². The lowest BCUT2D eigenvalue weighted by atomic mass is 9.97. The Bertz CT molecular complexity index is 796. The lowest BCUT2D eigenvalue weighted by molar-refractivity contribution is -0.121. The highest BCUT2D eigenvalue weighted by molar-refractivity contribution is 5.79. The van der Waals surface area contributed by atoms with Gasteiger partial charge in [0.25, 0.3) is 0 Å². The molecule has 2 aromatic rings. The minimum Gasteiger partial charge on any atom is -0.337 e. The smallest absolute Gasteiger partial charge is 0.235 e. The first-order valence-corrected chi connectivity index (χ1v) is 8.88. The van der Waals surface area contributed by atoms with Crippen molar-refractivity contribution < 1.29 is 13.6 Å². The summed E-state index contributed by atoms with van der Waals surface area (Å²) in [5.74, 6) is -0.816. The van der Waals surface area contributed by atoms with Gasteiger partial charge in [-0.3, -0.25) is 10.1 Å². The maximum absolute atomic E-state index is 13.3. The number of hydrogen-bond donors (Lipinski definition) is 2. The summed E-state index contributed by atoms with van der Waals surface area (Å²) in [6.45, 7) is 1.71. The lowest BCUT2D eigenvalue weighted by Crippen LogP contribution is -2.49. The average molecular weight is 369 g/mol. The Morgan fingerprint density at radius 2 is 1.59 bits per heavy atom. The molecule has 1 atom stereocenters. The van der Waals surface area contributed by atoms with Crippen LogP contribution < -0.4 is 10.6 Å². The van der Waals surface area contributed by atoms with Crippen molar-refractivity contribution in [1.29, 1.82) is 5.26 Å². The third kappa shape index (κ3) is 4.69. The van der Waals surface area contributed by atoms with Crippen molar-refractivity contribution in [3.63, 3.8) is 0 Å². The molecule has 6 heteroatoms. The molecule has 3 rings (SSSR count). The minimum atomic E-state index is -0.861. The second-order valence-electron chi connectivity index (χ2n) is 7.05. The van der Waals surface area contributed by atoms with Crippen molar-refractivity contribution >= 4 is 5.91 Å². The molecule has 1 fully saturated rings. The summed E-state index contributed by atoms with van der Waals surface area (Å²) in [6.07, 6.45) is 1.87. The van der Waals surface area contributed by atoms with E-state index >= 15 is 0 Å². The molecule has 0 bridgehead atoms. The number of benzene rings is 2. The van der Waals surface area contributed by atoms with Crippen LogP contribution in [0.5, 0.6) is 0 Å². The molecule has 0 radical (unpaired) electrons. The SMILES string of the molecule is CC(C#N)(NC(=O)CNC(c1ccc(F)cc1)c1ccc(F)cc1)C1CC1. The van der Waals surface area contributed by atoms with Gasteiger partial charge in [0.15, 0.2) is 0 Å². The number of nitriles is 1. The van der Waals surface area contributed by atoms with Gasteiger partial charge >= 0.3 is 0 Å². The van der Waals surface area contributed by atoms with E-state index in [2.05, 4.69) is 16.7 Å². The number of rotatable bonds is 7. The van der Waals surface area contributed by atoms with Crippen LogP contribution in [0.15, 0.2) is 48.5 Å². The van der Waals surface area contributed by atoms with Crippen molar-refractivity contribution in [1.82, 2.24) is 10.6 Å². The van der Waals surface area contributed by atoms with E-state index in [-0.39, 0.29) is 30.0 Å². The molecule has 1 aliphatic carbocycles. The normalized spacial score (nSPS) is 15.8. The van der Waals surface area contributed by atoms with E-state index in [0.29, 0.717) is 0 Å². The molecule has 4 nitrogen and oxygen atoms in total. The second kappa shape index (κ2) is 7.85. The Balaban J connectivity index is 1.73. The highest BCUT2D eigenvalue weighted by Crippen LogP contribution is 2.39. The predicted molar refractivity (Wildman–Crippen MR) is 97.5 cm³/mol. The standard InChI is InChI=1S/C21H21F2N3O/c1-21(13-24,16-6-7-16)26-19(27)12-25-20(14-2-8-17(22)9-3-14)15-4-10-18(23)11-5-15/h2-5,8-11,16,20,25H,6-7,12H2,1H3,(H,26,27). The quantitative estimate of drug-likeness (QED) is 0.786. The maximum Gasteiger partial charge on any atom is 0.235 e. The topological polar surface area (TPSA) is 64.9 Å². The zero-order valence-electron chi connectivity index (χ0n) is 15.0. The van der Waals surface area contributed by atoms with Crippen molar-refractivity contribution in [3.8, 4) is 6.07 Å². The van der Waals surface area contributed by atoms with Gasteiger partial charge in [-0.2, -0.15) is 5.26 Å². The monoisotopic (exact) mass is 369 g/mol.